The van der Waals surface area contributed by atoms with E-state index in [0.717, 1.165) is 0 Å². The summed E-state index contributed by atoms with van der Waals surface area (Å²) in [5.41, 5.74) is 1.31. The van der Waals surface area contributed by atoms with Gasteiger partial charge in [0.15, 0.2) is 0 Å². The van der Waals surface area contributed by atoms with E-state index < -0.39 is 0 Å². The Morgan fingerprint density at radius 2 is 1.42 bits per heavy atom. The van der Waals surface area contributed by atoms with Gasteiger partial charge in [0.1, 0.15) is 0 Å². The molecule has 1 atom stereocenters. The first kappa shape index (κ1) is 18.7. The summed E-state index contributed by atoms with van der Waals surface area (Å²) in [6.45, 7) is 8.40. The number of rotatable bonds is 14. The molecule has 1 nitrogen and oxygen atoms in total. The Hall–Kier alpha value is -0.300. The molecule has 0 spiro atoms. The maximum absolute atomic E-state index is 3.98. The smallest absolute Gasteiger partial charge is 0.00671 e. The molecule has 0 aromatic rings. The fourth-order valence-electron chi connectivity index (χ4n) is 2.56. The minimum Gasteiger partial charge on any atom is -0.317 e. The van der Waals surface area contributed by atoms with Crippen LogP contribution in [0.5, 0.6) is 0 Å². The monoisotopic (exact) mass is 267 g/mol. The van der Waals surface area contributed by atoms with Gasteiger partial charge in [-0.25, -0.2) is 0 Å². The molecule has 0 amide bonds. The predicted molar refractivity (Wildman–Crippen MR) is 88.7 cm³/mol. The molecule has 1 unspecified atom stereocenters. The van der Waals surface area contributed by atoms with Gasteiger partial charge in [0.2, 0.25) is 0 Å². The molecule has 0 bridgehead atoms. The van der Waals surface area contributed by atoms with Gasteiger partial charge in [0.05, 0.1) is 0 Å². The van der Waals surface area contributed by atoms with E-state index in [1.54, 1.807) is 0 Å². The minimum absolute atomic E-state index is 0.696. The van der Waals surface area contributed by atoms with E-state index >= 15 is 0 Å². The summed E-state index contributed by atoms with van der Waals surface area (Å²) < 4.78 is 0. The fourth-order valence-corrected chi connectivity index (χ4v) is 2.56. The third-order valence-electron chi connectivity index (χ3n) is 3.98. The van der Waals surface area contributed by atoms with Gasteiger partial charge in [-0.1, -0.05) is 70.3 Å². The third-order valence-corrected chi connectivity index (χ3v) is 3.98. The molecule has 0 aromatic carbocycles. The Balaban J connectivity index is 3.28. The molecule has 0 heterocycles. The maximum atomic E-state index is 3.98. The van der Waals surface area contributed by atoms with Crippen LogP contribution in [0, 0.1) is 0 Å². The quantitative estimate of drug-likeness (QED) is 0.307. The Bertz CT molecular complexity index is 198. The molecule has 0 saturated heterocycles. The van der Waals surface area contributed by atoms with Crippen LogP contribution in [0.1, 0.15) is 90.9 Å². The lowest BCUT2D eigenvalue weighted by Gasteiger charge is -2.15. The molecular formula is C18H37N. The zero-order valence-electron chi connectivity index (χ0n) is 13.8. The minimum atomic E-state index is 0.696. The van der Waals surface area contributed by atoms with Gasteiger partial charge in [-0.05, 0) is 33.2 Å². The van der Waals surface area contributed by atoms with E-state index in [9.17, 15) is 0 Å². The molecule has 1 heteroatoms. The van der Waals surface area contributed by atoms with Crippen LogP contribution >= 0.6 is 0 Å². The van der Waals surface area contributed by atoms with Gasteiger partial charge in [-0.3, -0.25) is 0 Å². The zero-order chi connectivity index (χ0) is 14.3. The first-order valence-electron chi connectivity index (χ1n) is 8.52. The second kappa shape index (κ2) is 14.1. The summed E-state index contributed by atoms with van der Waals surface area (Å²) in [7, 11) is 2.09. The van der Waals surface area contributed by atoms with Crippen molar-refractivity contribution in [1.29, 1.82) is 0 Å². The normalized spacial score (nSPS) is 12.6. The van der Waals surface area contributed by atoms with E-state index in [1.807, 2.05) is 0 Å². The van der Waals surface area contributed by atoms with Crippen LogP contribution in [0.2, 0.25) is 0 Å². The molecule has 0 aromatic heterocycles. The molecule has 0 aliphatic heterocycles. The Labute approximate surface area is 122 Å². The van der Waals surface area contributed by atoms with Crippen molar-refractivity contribution in [3.8, 4) is 0 Å². The van der Waals surface area contributed by atoms with Crippen LogP contribution in [0.4, 0.5) is 0 Å². The molecule has 114 valence electrons. The predicted octanol–water partition coefficient (Wildman–Crippen LogP) is 5.85. The number of hydrogen-bond donors (Lipinski definition) is 1. The van der Waals surface area contributed by atoms with Gasteiger partial charge < -0.3 is 5.32 Å². The molecule has 0 aliphatic carbocycles. The van der Waals surface area contributed by atoms with Crippen molar-refractivity contribution in [1.82, 2.24) is 5.32 Å². The standard InChI is InChI=1S/C18H37N/c1-5-6-7-8-9-10-11-12-13-14-18(19-4)16-15-17(2)3/h18-19H,2,5-16H2,1,3-4H3. The van der Waals surface area contributed by atoms with Crippen molar-refractivity contribution in [2.45, 2.75) is 96.9 Å². The van der Waals surface area contributed by atoms with E-state index in [-0.39, 0.29) is 0 Å². The van der Waals surface area contributed by atoms with Crippen LogP contribution in [0.15, 0.2) is 12.2 Å². The zero-order valence-corrected chi connectivity index (χ0v) is 13.8. The first-order valence-corrected chi connectivity index (χ1v) is 8.52. The highest BCUT2D eigenvalue weighted by Crippen LogP contribution is 2.14. The summed E-state index contributed by atoms with van der Waals surface area (Å²) in [4.78, 5) is 0. The number of hydrogen-bond acceptors (Lipinski definition) is 1. The second-order valence-corrected chi connectivity index (χ2v) is 6.10. The highest BCUT2D eigenvalue weighted by Gasteiger charge is 2.05. The van der Waals surface area contributed by atoms with Crippen molar-refractivity contribution in [3.63, 3.8) is 0 Å². The van der Waals surface area contributed by atoms with E-state index in [2.05, 4.69) is 32.8 Å². The highest BCUT2D eigenvalue weighted by molar-refractivity contribution is 4.89. The van der Waals surface area contributed by atoms with Crippen LogP contribution in [0.3, 0.4) is 0 Å². The van der Waals surface area contributed by atoms with E-state index in [0.29, 0.717) is 6.04 Å². The molecule has 19 heavy (non-hydrogen) atoms. The maximum Gasteiger partial charge on any atom is 0.00671 e. The Kier molecular flexibility index (Phi) is 13.9. The van der Waals surface area contributed by atoms with Crippen LogP contribution in [-0.4, -0.2) is 13.1 Å². The van der Waals surface area contributed by atoms with Crippen molar-refractivity contribution in [2.75, 3.05) is 7.05 Å². The van der Waals surface area contributed by atoms with Crippen molar-refractivity contribution < 1.29 is 0 Å². The fraction of sp³-hybridized carbons (Fsp3) is 0.889. The number of nitrogens with one attached hydrogen (secondary N) is 1. The topological polar surface area (TPSA) is 12.0 Å². The molecule has 0 saturated carbocycles. The van der Waals surface area contributed by atoms with E-state index in [1.165, 1.54) is 82.6 Å². The number of unbranched alkanes of at least 4 members (excludes halogenated alkanes) is 8. The molecule has 0 rings (SSSR count). The lowest BCUT2D eigenvalue weighted by molar-refractivity contribution is 0.456. The Morgan fingerprint density at radius 1 is 0.895 bits per heavy atom. The van der Waals surface area contributed by atoms with Crippen LogP contribution in [-0.2, 0) is 0 Å². The van der Waals surface area contributed by atoms with Gasteiger partial charge in [-0.15, -0.1) is 6.58 Å². The first-order chi connectivity index (χ1) is 9.20. The lowest BCUT2D eigenvalue weighted by atomic mass is 10.0. The molecule has 0 fully saturated rings. The third kappa shape index (κ3) is 13.9. The van der Waals surface area contributed by atoms with Crippen molar-refractivity contribution in [2.24, 2.45) is 0 Å². The van der Waals surface area contributed by atoms with Gasteiger partial charge >= 0.3 is 0 Å². The average Bonchev–Trinajstić information content (AvgIpc) is 2.40. The number of allylic oxidation sites excluding steroid dienone is 1. The van der Waals surface area contributed by atoms with Crippen molar-refractivity contribution in [3.05, 3.63) is 12.2 Å². The van der Waals surface area contributed by atoms with Crippen molar-refractivity contribution >= 4 is 0 Å². The van der Waals surface area contributed by atoms with Crippen LogP contribution < -0.4 is 5.32 Å². The highest BCUT2D eigenvalue weighted by atomic mass is 14.9. The summed E-state index contributed by atoms with van der Waals surface area (Å²) >= 11 is 0. The molecular weight excluding hydrogens is 230 g/mol. The van der Waals surface area contributed by atoms with E-state index in [4.69, 9.17) is 0 Å². The van der Waals surface area contributed by atoms with Crippen LogP contribution in [0.25, 0.3) is 0 Å². The largest absolute Gasteiger partial charge is 0.317 e. The lowest BCUT2D eigenvalue weighted by Crippen LogP contribution is -2.24. The Morgan fingerprint density at radius 3 is 1.89 bits per heavy atom. The molecule has 0 aliphatic rings. The summed E-state index contributed by atoms with van der Waals surface area (Å²) in [5.74, 6) is 0. The van der Waals surface area contributed by atoms with Gasteiger partial charge in [0.25, 0.3) is 0 Å². The van der Waals surface area contributed by atoms with Gasteiger partial charge in [0, 0.05) is 6.04 Å². The van der Waals surface area contributed by atoms with Gasteiger partial charge in [-0.2, -0.15) is 0 Å². The average molecular weight is 268 g/mol. The molecule has 1 N–H and O–H groups in total. The molecule has 0 radical (unpaired) electrons. The second-order valence-electron chi connectivity index (χ2n) is 6.10. The summed E-state index contributed by atoms with van der Waals surface area (Å²) in [5, 5.41) is 3.44. The SMILES string of the molecule is C=C(C)CCC(CCCCCCCCCCC)NC. The summed E-state index contributed by atoms with van der Waals surface area (Å²) in [6.07, 6.45) is 16.6. The summed E-state index contributed by atoms with van der Waals surface area (Å²) in [6, 6.07) is 0.696.